The molecule has 1 atom stereocenters. The third-order valence-corrected chi connectivity index (χ3v) is 1.87. The van der Waals surface area contributed by atoms with Crippen molar-refractivity contribution in [1.82, 2.24) is 0 Å². The van der Waals surface area contributed by atoms with Crippen LogP contribution in [0, 0.1) is 0 Å². The van der Waals surface area contributed by atoms with Crippen molar-refractivity contribution in [3.05, 3.63) is 0 Å². The molecule has 76 valence electrons. The Balaban J connectivity index is 3.56. The molecule has 13 heavy (non-hydrogen) atoms. The predicted molar refractivity (Wildman–Crippen MR) is 50.4 cm³/mol. The van der Waals surface area contributed by atoms with Crippen LogP contribution in [0.1, 0.15) is 46.5 Å². The summed E-state index contributed by atoms with van der Waals surface area (Å²) in [6.45, 7) is 5.09. The van der Waals surface area contributed by atoms with Crippen molar-refractivity contribution in [2.45, 2.75) is 52.6 Å². The molecule has 0 radical (unpaired) electrons. The molecule has 0 saturated heterocycles. The maximum absolute atomic E-state index is 11.1. The Kier molecular flexibility index (Phi) is 6.20. The zero-order valence-electron chi connectivity index (χ0n) is 8.63. The minimum absolute atomic E-state index is 0.108. The molecule has 0 saturated carbocycles. The van der Waals surface area contributed by atoms with Crippen LogP contribution in [0.2, 0.25) is 0 Å². The lowest BCUT2D eigenvalue weighted by molar-refractivity contribution is -0.153. The van der Waals surface area contributed by atoms with Gasteiger partial charge in [0.15, 0.2) is 11.9 Å². The van der Waals surface area contributed by atoms with Gasteiger partial charge in [-0.1, -0.05) is 19.8 Å². The van der Waals surface area contributed by atoms with Crippen molar-refractivity contribution in [1.29, 1.82) is 0 Å². The molecule has 0 aromatic rings. The molecule has 0 aromatic carbocycles. The van der Waals surface area contributed by atoms with E-state index < -0.39 is 6.10 Å². The van der Waals surface area contributed by atoms with Gasteiger partial charge >= 0.3 is 5.97 Å². The maximum Gasteiger partial charge on any atom is 0.306 e. The monoisotopic (exact) mass is 186 g/mol. The van der Waals surface area contributed by atoms with Gasteiger partial charge in [-0.15, -0.1) is 0 Å². The van der Waals surface area contributed by atoms with Gasteiger partial charge in [-0.3, -0.25) is 9.59 Å². The highest BCUT2D eigenvalue weighted by molar-refractivity contribution is 5.83. The number of carbonyl (C=O) groups excluding carboxylic acids is 2. The lowest BCUT2D eigenvalue weighted by atomic mass is 10.2. The first-order chi connectivity index (χ1) is 6.07. The Hall–Kier alpha value is -0.860. The molecule has 0 aromatic heterocycles. The van der Waals surface area contributed by atoms with E-state index in [1.165, 1.54) is 6.92 Å². The quantitative estimate of drug-likeness (QED) is 0.471. The van der Waals surface area contributed by atoms with Crippen LogP contribution >= 0.6 is 0 Å². The van der Waals surface area contributed by atoms with Gasteiger partial charge in [0.1, 0.15) is 0 Å². The van der Waals surface area contributed by atoms with Crippen LogP contribution in [0.4, 0.5) is 0 Å². The Morgan fingerprint density at radius 1 is 1.31 bits per heavy atom. The van der Waals surface area contributed by atoms with Crippen molar-refractivity contribution in [3.63, 3.8) is 0 Å². The molecule has 0 aliphatic rings. The summed E-state index contributed by atoms with van der Waals surface area (Å²) in [7, 11) is 0. The molecule has 1 unspecified atom stereocenters. The highest BCUT2D eigenvalue weighted by Gasteiger charge is 2.12. The van der Waals surface area contributed by atoms with Crippen LogP contribution in [-0.4, -0.2) is 17.9 Å². The Morgan fingerprint density at radius 2 is 1.92 bits per heavy atom. The molecule has 0 aliphatic heterocycles. The molecule has 0 fully saturated rings. The number of ether oxygens (including phenoxy) is 1. The second-order valence-electron chi connectivity index (χ2n) is 3.20. The summed E-state index contributed by atoms with van der Waals surface area (Å²) in [5.41, 5.74) is 0. The molecule has 0 aliphatic carbocycles. The van der Waals surface area contributed by atoms with Crippen molar-refractivity contribution in [2.75, 3.05) is 0 Å². The van der Waals surface area contributed by atoms with E-state index in [4.69, 9.17) is 4.74 Å². The molecule has 3 nitrogen and oxygen atoms in total. The van der Waals surface area contributed by atoms with Gasteiger partial charge < -0.3 is 4.74 Å². The number of ketones is 1. The summed E-state index contributed by atoms with van der Waals surface area (Å²) in [5.74, 6) is -0.375. The van der Waals surface area contributed by atoms with Crippen LogP contribution in [0.3, 0.4) is 0 Å². The number of Topliss-reactive ketones (excluding diaryl/α,β-unsaturated/α-hetero) is 1. The number of hydrogen-bond acceptors (Lipinski definition) is 3. The average molecular weight is 186 g/mol. The normalized spacial score (nSPS) is 12.2. The Bertz CT molecular complexity index is 175. The summed E-state index contributed by atoms with van der Waals surface area (Å²) < 4.78 is 4.87. The van der Waals surface area contributed by atoms with Crippen LogP contribution < -0.4 is 0 Å². The zero-order valence-corrected chi connectivity index (χ0v) is 8.63. The number of carbonyl (C=O) groups is 2. The van der Waals surface area contributed by atoms with E-state index in [0.29, 0.717) is 6.42 Å². The standard InChI is InChI=1S/C10H18O3/c1-4-5-6-7-10(12)13-9(3)8(2)11/h9H,4-7H2,1-3H3. The third kappa shape index (κ3) is 6.31. The predicted octanol–water partition coefficient (Wildman–Crippen LogP) is 2.09. The highest BCUT2D eigenvalue weighted by atomic mass is 16.5. The molecule has 0 heterocycles. The molecule has 0 rings (SSSR count). The summed E-state index contributed by atoms with van der Waals surface area (Å²) in [5, 5.41) is 0. The van der Waals surface area contributed by atoms with Gasteiger partial charge in [0, 0.05) is 6.42 Å². The van der Waals surface area contributed by atoms with Crippen LogP contribution in [0.15, 0.2) is 0 Å². The summed E-state index contributed by atoms with van der Waals surface area (Å²) in [6, 6.07) is 0. The number of hydrogen-bond donors (Lipinski definition) is 0. The van der Waals surface area contributed by atoms with Crippen molar-refractivity contribution in [2.24, 2.45) is 0 Å². The first kappa shape index (κ1) is 12.1. The number of rotatable bonds is 6. The Labute approximate surface area is 79.5 Å². The van der Waals surface area contributed by atoms with E-state index >= 15 is 0 Å². The summed E-state index contributed by atoms with van der Waals surface area (Å²) in [4.78, 5) is 21.8. The Morgan fingerprint density at radius 3 is 2.38 bits per heavy atom. The molecule has 0 spiro atoms. The van der Waals surface area contributed by atoms with Gasteiger partial charge in [0.2, 0.25) is 0 Å². The zero-order chi connectivity index (χ0) is 10.3. The third-order valence-electron chi connectivity index (χ3n) is 1.87. The second-order valence-corrected chi connectivity index (χ2v) is 3.20. The fraction of sp³-hybridized carbons (Fsp3) is 0.800. The largest absolute Gasteiger partial charge is 0.455 e. The molecule has 0 N–H and O–H groups in total. The fourth-order valence-electron chi connectivity index (χ4n) is 0.858. The maximum atomic E-state index is 11.1. The fourth-order valence-corrected chi connectivity index (χ4v) is 0.858. The van der Waals surface area contributed by atoms with Crippen molar-refractivity contribution >= 4 is 11.8 Å². The van der Waals surface area contributed by atoms with E-state index in [0.717, 1.165) is 19.3 Å². The van der Waals surface area contributed by atoms with Gasteiger partial charge in [0.05, 0.1) is 0 Å². The van der Waals surface area contributed by atoms with Gasteiger partial charge in [-0.2, -0.15) is 0 Å². The molecule has 0 bridgehead atoms. The van der Waals surface area contributed by atoms with E-state index in [-0.39, 0.29) is 11.8 Å². The lowest BCUT2D eigenvalue weighted by Crippen LogP contribution is -2.21. The molecular formula is C10H18O3. The number of esters is 1. The first-order valence-electron chi connectivity index (χ1n) is 4.77. The second kappa shape index (κ2) is 6.63. The van der Waals surface area contributed by atoms with Gasteiger partial charge in [-0.25, -0.2) is 0 Å². The van der Waals surface area contributed by atoms with E-state index in [1.807, 2.05) is 0 Å². The average Bonchev–Trinajstić information content (AvgIpc) is 2.04. The minimum atomic E-state index is -0.589. The molecular weight excluding hydrogens is 168 g/mol. The first-order valence-corrected chi connectivity index (χ1v) is 4.77. The van der Waals surface area contributed by atoms with Gasteiger partial charge in [0.25, 0.3) is 0 Å². The SMILES string of the molecule is CCCCCC(=O)OC(C)C(C)=O. The summed E-state index contributed by atoms with van der Waals surface area (Å²) in [6.07, 6.45) is 2.79. The van der Waals surface area contributed by atoms with Crippen LogP contribution in [-0.2, 0) is 14.3 Å². The lowest BCUT2D eigenvalue weighted by Gasteiger charge is -2.09. The summed E-state index contributed by atoms with van der Waals surface area (Å²) >= 11 is 0. The van der Waals surface area contributed by atoms with Crippen LogP contribution in [0.5, 0.6) is 0 Å². The smallest absolute Gasteiger partial charge is 0.306 e. The van der Waals surface area contributed by atoms with E-state index in [1.54, 1.807) is 6.92 Å². The number of unbranched alkanes of at least 4 members (excludes halogenated alkanes) is 2. The van der Waals surface area contributed by atoms with Crippen molar-refractivity contribution in [3.8, 4) is 0 Å². The van der Waals surface area contributed by atoms with Crippen LogP contribution in [0.25, 0.3) is 0 Å². The van der Waals surface area contributed by atoms with E-state index in [2.05, 4.69) is 6.92 Å². The molecule has 0 amide bonds. The molecule has 3 heteroatoms. The van der Waals surface area contributed by atoms with Gasteiger partial charge in [-0.05, 0) is 20.3 Å². The topological polar surface area (TPSA) is 43.4 Å². The minimum Gasteiger partial charge on any atom is -0.455 e. The van der Waals surface area contributed by atoms with Crippen molar-refractivity contribution < 1.29 is 14.3 Å². The van der Waals surface area contributed by atoms with E-state index in [9.17, 15) is 9.59 Å². The highest BCUT2D eigenvalue weighted by Crippen LogP contribution is 2.02.